The van der Waals surface area contributed by atoms with Crippen molar-refractivity contribution in [3.8, 4) is 5.75 Å². The first-order valence-electron chi connectivity index (χ1n) is 6.06. The lowest BCUT2D eigenvalue weighted by molar-refractivity contribution is 0.414. The number of rotatable bonds is 3. The lowest BCUT2D eigenvalue weighted by atomic mass is 10.3. The van der Waals surface area contributed by atoms with Crippen LogP contribution in [0.2, 0.25) is 0 Å². The summed E-state index contributed by atoms with van der Waals surface area (Å²) in [5.74, 6) is 0.122. The zero-order valence-corrected chi connectivity index (χ0v) is 11.6. The predicted octanol–water partition coefficient (Wildman–Crippen LogP) is 4.05. The van der Waals surface area contributed by atoms with Crippen molar-refractivity contribution in [2.75, 3.05) is 12.8 Å². The van der Waals surface area contributed by atoms with E-state index in [0.29, 0.717) is 16.3 Å². The number of hydrogen-bond donors (Lipinski definition) is 2. The third kappa shape index (κ3) is 2.32. The highest BCUT2D eigenvalue weighted by Gasteiger charge is 2.11. The second-order valence-electron chi connectivity index (χ2n) is 4.35. The molecular weight excluding hydrogens is 275 g/mol. The average Bonchev–Trinajstić information content (AvgIpc) is 2.84. The zero-order valence-electron chi connectivity index (χ0n) is 10.8. The maximum atomic E-state index is 13.9. The van der Waals surface area contributed by atoms with Crippen LogP contribution in [-0.4, -0.2) is 12.1 Å². The van der Waals surface area contributed by atoms with Gasteiger partial charge in [-0.15, -0.1) is 0 Å². The van der Waals surface area contributed by atoms with E-state index in [-0.39, 0.29) is 5.82 Å². The van der Waals surface area contributed by atoms with Gasteiger partial charge in [-0.25, -0.2) is 4.39 Å². The Hall–Kier alpha value is -2.14. The molecule has 1 heterocycles. The number of nitrogens with one attached hydrogen (secondary N) is 1. The molecule has 0 unspecified atom stereocenters. The van der Waals surface area contributed by atoms with Crippen LogP contribution in [0, 0.1) is 5.82 Å². The van der Waals surface area contributed by atoms with E-state index in [1.165, 1.54) is 24.9 Å². The molecule has 3 aromatic rings. The largest absolute Gasteiger partial charge is 0.495 e. The summed E-state index contributed by atoms with van der Waals surface area (Å²) in [7, 11) is 1.51. The standard InChI is InChI=1S/C15H13FN2OS/c1-19-13-8-14(10(16)7-11(13)17)20-15-6-9-4-2-3-5-12(9)18-15/h2-8,18H,17H2,1H3. The van der Waals surface area contributed by atoms with Gasteiger partial charge in [0.15, 0.2) is 0 Å². The maximum absolute atomic E-state index is 13.9. The van der Waals surface area contributed by atoms with Crippen LogP contribution in [0.4, 0.5) is 10.1 Å². The third-order valence-corrected chi connectivity index (χ3v) is 3.98. The highest BCUT2D eigenvalue weighted by atomic mass is 32.2. The van der Waals surface area contributed by atoms with E-state index in [1.807, 2.05) is 30.3 Å². The summed E-state index contributed by atoms with van der Waals surface area (Å²) in [6.07, 6.45) is 0. The highest BCUT2D eigenvalue weighted by Crippen LogP contribution is 2.36. The van der Waals surface area contributed by atoms with Gasteiger partial charge in [-0.2, -0.15) is 0 Å². The summed E-state index contributed by atoms with van der Waals surface area (Å²) in [5.41, 5.74) is 7.00. The second kappa shape index (κ2) is 5.09. The van der Waals surface area contributed by atoms with E-state index in [0.717, 1.165) is 15.9 Å². The Kier molecular flexibility index (Phi) is 3.28. The number of ether oxygens (including phenoxy) is 1. The zero-order chi connectivity index (χ0) is 14.1. The summed E-state index contributed by atoms with van der Waals surface area (Å²) in [4.78, 5) is 3.72. The molecule has 0 saturated carbocycles. The van der Waals surface area contributed by atoms with E-state index in [1.54, 1.807) is 6.07 Å². The molecule has 1 aromatic heterocycles. The van der Waals surface area contributed by atoms with Crippen molar-refractivity contribution in [2.45, 2.75) is 9.92 Å². The van der Waals surface area contributed by atoms with Crippen LogP contribution in [0.1, 0.15) is 0 Å². The Bertz CT molecular complexity index is 737. The molecule has 3 nitrogen and oxygen atoms in total. The molecule has 0 amide bonds. The molecule has 3 N–H and O–H groups in total. The number of nitrogen functional groups attached to an aromatic ring is 1. The Morgan fingerprint density at radius 1 is 1.20 bits per heavy atom. The summed E-state index contributed by atoms with van der Waals surface area (Å²) >= 11 is 1.31. The molecule has 102 valence electrons. The fourth-order valence-electron chi connectivity index (χ4n) is 2.03. The number of fused-ring (bicyclic) bond motifs is 1. The molecule has 5 heteroatoms. The number of halogens is 1. The van der Waals surface area contributed by atoms with E-state index >= 15 is 0 Å². The molecule has 0 aliphatic rings. The average molecular weight is 288 g/mol. The monoisotopic (exact) mass is 288 g/mol. The number of para-hydroxylation sites is 1. The van der Waals surface area contributed by atoms with Crippen LogP contribution in [-0.2, 0) is 0 Å². The number of benzene rings is 2. The fourth-order valence-corrected chi connectivity index (χ4v) is 2.93. The molecule has 0 spiro atoms. The summed E-state index contributed by atoms with van der Waals surface area (Å²) in [6, 6.07) is 12.8. The van der Waals surface area contributed by atoms with Gasteiger partial charge in [-0.05, 0) is 18.2 Å². The second-order valence-corrected chi connectivity index (χ2v) is 5.43. The van der Waals surface area contributed by atoms with Crippen LogP contribution in [0.15, 0.2) is 52.4 Å². The van der Waals surface area contributed by atoms with E-state index in [4.69, 9.17) is 10.5 Å². The van der Waals surface area contributed by atoms with Crippen molar-refractivity contribution < 1.29 is 9.13 Å². The lowest BCUT2D eigenvalue weighted by Crippen LogP contribution is -1.94. The molecule has 2 aromatic carbocycles. The van der Waals surface area contributed by atoms with Gasteiger partial charge in [0.25, 0.3) is 0 Å². The van der Waals surface area contributed by atoms with Crippen LogP contribution >= 0.6 is 11.8 Å². The Morgan fingerprint density at radius 3 is 2.75 bits per heavy atom. The van der Waals surface area contributed by atoms with Gasteiger partial charge in [0.2, 0.25) is 0 Å². The first kappa shape index (κ1) is 12.9. The van der Waals surface area contributed by atoms with Gasteiger partial charge < -0.3 is 15.5 Å². The normalized spacial score (nSPS) is 10.9. The third-order valence-electron chi connectivity index (χ3n) is 3.01. The molecule has 20 heavy (non-hydrogen) atoms. The summed E-state index contributed by atoms with van der Waals surface area (Å²) in [6.45, 7) is 0. The Balaban J connectivity index is 1.98. The van der Waals surface area contributed by atoms with Crippen LogP contribution in [0.3, 0.4) is 0 Å². The van der Waals surface area contributed by atoms with Gasteiger partial charge in [-0.1, -0.05) is 30.0 Å². The number of methoxy groups -OCH3 is 1. The summed E-state index contributed by atoms with van der Waals surface area (Å²) in [5, 5.41) is 1.97. The molecular formula is C15H13FN2OS. The SMILES string of the molecule is COc1cc(Sc2cc3ccccc3[nH]2)c(F)cc1N. The van der Waals surface area contributed by atoms with Crippen molar-refractivity contribution in [3.63, 3.8) is 0 Å². The molecule has 3 rings (SSSR count). The molecule has 0 atom stereocenters. The number of H-pyrrole nitrogens is 1. The fraction of sp³-hybridized carbons (Fsp3) is 0.0667. The minimum absolute atomic E-state index is 0.297. The molecule has 0 bridgehead atoms. The Morgan fingerprint density at radius 2 is 2.00 bits per heavy atom. The van der Waals surface area contributed by atoms with Crippen molar-refractivity contribution in [3.05, 3.63) is 48.3 Å². The molecule has 0 radical (unpaired) electrons. The van der Waals surface area contributed by atoms with Crippen molar-refractivity contribution in [1.29, 1.82) is 0 Å². The quantitative estimate of drug-likeness (QED) is 0.715. The molecule has 0 aliphatic heterocycles. The number of aromatic nitrogens is 1. The highest BCUT2D eigenvalue weighted by molar-refractivity contribution is 7.99. The first-order chi connectivity index (χ1) is 9.67. The van der Waals surface area contributed by atoms with E-state index < -0.39 is 0 Å². The van der Waals surface area contributed by atoms with Crippen LogP contribution < -0.4 is 10.5 Å². The van der Waals surface area contributed by atoms with E-state index in [9.17, 15) is 4.39 Å². The van der Waals surface area contributed by atoms with Gasteiger partial charge in [0.05, 0.1) is 22.7 Å². The number of anilines is 1. The Labute approximate surface area is 119 Å². The van der Waals surface area contributed by atoms with Crippen molar-refractivity contribution in [1.82, 2.24) is 4.98 Å². The minimum atomic E-state index is -0.355. The van der Waals surface area contributed by atoms with Crippen molar-refractivity contribution in [2.24, 2.45) is 0 Å². The molecule has 0 aliphatic carbocycles. The first-order valence-corrected chi connectivity index (χ1v) is 6.87. The topological polar surface area (TPSA) is 51.0 Å². The number of hydrogen-bond acceptors (Lipinski definition) is 3. The number of aromatic amines is 1. The predicted molar refractivity (Wildman–Crippen MR) is 79.8 cm³/mol. The van der Waals surface area contributed by atoms with Crippen LogP contribution in [0.25, 0.3) is 10.9 Å². The van der Waals surface area contributed by atoms with Crippen molar-refractivity contribution >= 4 is 28.4 Å². The van der Waals surface area contributed by atoms with Gasteiger partial charge in [0.1, 0.15) is 11.6 Å². The van der Waals surface area contributed by atoms with Gasteiger partial charge in [0, 0.05) is 17.0 Å². The van der Waals surface area contributed by atoms with Gasteiger partial charge in [-0.3, -0.25) is 0 Å². The molecule has 0 saturated heterocycles. The van der Waals surface area contributed by atoms with Gasteiger partial charge >= 0.3 is 0 Å². The summed E-state index contributed by atoms with van der Waals surface area (Å²) < 4.78 is 19.1. The molecule has 0 fully saturated rings. The van der Waals surface area contributed by atoms with Crippen LogP contribution in [0.5, 0.6) is 5.75 Å². The van der Waals surface area contributed by atoms with E-state index in [2.05, 4.69) is 4.98 Å². The minimum Gasteiger partial charge on any atom is -0.495 e. The number of nitrogens with two attached hydrogens (primary N) is 1. The maximum Gasteiger partial charge on any atom is 0.143 e. The lowest BCUT2D eigenvalue weighted by Gasteiger charge is -2.07. The smallest absolute Gasteiger partial charge is 0.143 e.